The molecule has 1 aliphatic rings. The maximum absolute atomic E-state index is 14.2. The molecule has 2 heterocycles. The molecule has 0 fully saturated rings. The molecule has 184 valence electrons. The maximum atomic E-state index is 14.2. The predicted octanol–water partition coefficient (Wildman–Crippen LogP) is 7.65. The number of amides is 1. The van der Waals surface area contributed by atoms with Crippen LogP contribution in [0.2, 0.25) is 10.0 Å². The van der Waals surface area contributed by atoms with Crippen LogP contribution in [0.15, 0.2) is 54.6 Å². The summed E-state index contributed by atoms with van der Waals surface area (Å²) in [5.41, 5.74) is 4.48. The normalized spacial score (nSPS) is 15.2. The van der Waals surface area contributed by atoms with Gasteiger partial charge in [-0.2, -0.15) is 0 Å². The first-order valence-corrected chi connectivity index (χ1v) is 12.3. The third-order valence-corrected chi connectivity index (χ3v) is 7.03. The van der Waals surface area contributed by atoms with Gasteiger partial charge in [0.05, 0.1) is 11.3 Å². The Morgan fingerprint density at radius 1 is 0.972 bits per heavy atom. The minimum Gasteiger partial charge on any atom is -0.507 e. The lowest BCUT2D eigenvalue weighted by Crippen LogP contribution is -2.31. The summed E-state index contributed by atoms with van der Waals surface area (Å²) < 4.78 is 16.1. The highest BCUT2D eigenvalue weighted by Crippen LogP contribution is 2.47. The zero-order valence-corrected chi connectivity index (χ0v) is 21.7. The fourth-order valence-corrected chi connectivity index (χ4v) is 5.33. The summed E-state index contributed by atoms with van der Waals surface area (Å²) >= 11 is 12.6. The molecule has 1 atom stereocenters. The molecule has 1 N–H and O–H groups in total. The van der Waals surface area contributed by atoms with Crippen molar-refractivity contribution >= 4 is 34.8 Å². The van der Waals surface area contributed by atoms with Crippen molar-refractivity contribution in [3.05, 3.63) is 98.5 Å². The Hall–Kier alpha value is -3.35. The first kappa shape index (κ1) is 24.3. The first-order valence-electron chi connectivity index (χ1n) is 11.5. The summed E-state index contributed by atoms with van der Waals surface area (Å²) in [5, 5.41) is 11.7. The molecule has 36 heavy (non-hydrogen) atoms. The number of carbonyl (C=O) groups excluding carboxylic acids is 1. The van der Waals surface area contributed by atoms with Gasteiger partial charge in [-0.1, -0.05) is 35.3 Å². The number of aryl methyl sites for hydroxylation is 2. The Morgan fingerprint density at radius 2 is 1.67 bits per heavy atom. The summed E-state index contributed by atoms with van der Waals surface area (Å²) in [6.07, 6.45) is 0. The van der Waals surface area contributed by atoms with Crippen molar-refractivity contribution in [1.29, 1.82) is 0 Å². The molecule has 0 saturated carbocycles. The average molecular weight is 524 g/mol. The van der Waals surface area contributed by atoms with E-state index in [1.165, 1.54) is 18.2 Å². The van der Waals surface area contributed by atoms with Gasteiger partial charge in [-0.25, -0.2) is 9.37 Å². The third-order valence-electron chi connectivity index (χ3n) is 6.56. The molecule has 8 heteroatoms. The smallest absolute Gasteiger partial charge is 0.279 e. The molecule has 1 amide bonds. The molecule has 3 aromatic carbocycles. The number of anilines is 1. The van der Waals surface area contributed by atoms with E-state index in [1.54, 1.807) is 23.1 Å². The van der Waals surface area contributed by atoms with E-state index in [0.29, 0.717) is 27.3 Å². The lowest BCUT2D eigenvalue weighted by atomic mass is 9.97. The van der Waals surface area contributed by atoms with Crippen LogP contribution in [-0.4, -0.2) is 20.6 Å². The van der Waals surface area contributed by atoms with Crippen LogP contribution in [0.4, 0.5) is 10.1 Å². The summed E-state index contributed by atoms with van der Waals surface area (Å²) in [6.45, 7) is 7.80. The first-order chi connectivity index (χ1) is 17.1. The van der Waals surface area contributed by atoms with Gasteiger partial charge in [0.2, 0.25) is 0 Å². The number of fused-ring (bicyclic) bond motifs is 1. The maximum Gasteiger partial charge on any atom is 0.279 e. The number of halogens is 3. The number of phenols is 1. The number of benzene rings is 3. The molecular weight excluding hydrogens is 500 g/mol. The van der Waals surface area contributed by atoms with Gasteiger partial charge < -0.3 is 9.67 Å². The molecule has 1 aliphatic heterocycles. The number of nitrogens with zero attached hydrogens (tertiary/aromatic N) is 3. The van der Waals surface area contributed by atoms with Crippen molar-refractivity contribution in [1.82, 2.24) is 9.55 Å². The molecule has 0 spiro atoms. The quantitative estimate of drug-likeness (QED) is 0.298. The van der Waals surface area contributed by atoms with E-state index in [2.05, 4.69) is 0 Å². The second-order valence-electron chi connectivity index (χ2n) is 9.30. The zero-order chi connectivity index (χ0) is 25.9. The minimum absolute atomic E-state index is 0.115. The standard InChI is InChI=1S/C28H24Cl2FN3O2/c1-14(2)33-26-24(32-27(33)21-13-19(31)8-10-23(21)35)28(36)34(22-12-18(30)6-5-15(22)3)25(26)20-9-7-17(29)11-16(20)4/h5-14,25,35H,1-4H3. The second-order valence-corrected chi connectivity index (χ2v) is 10.2. The summed E-state index contributed by atoms with van der Waals surface area (Å²) in [5.74, 6) is -0.587. The van der Waals surface area contributed by atoms with Gasteiger partial charge in [-0.3, -0.25) is 9.69 Å². The Kier molecular flexibility index (Phi) is 6.05. The fourth-order valence-electron chi connectivity index (χ4n) is 4.94. The van der Waals surface area contributed by atoms with E-state index in [9.17, 15) is 14.3 Å². The molecule has 5 rings (SSSR count). The number of phenolic OH excluding ortho intramolecular Hbond substituents is 1. The monoisotopic (exact) mass is 523 g/mol. The molecule has 0 radical (unpaired) electrons. The van der Waals surface area contributed by atoms with Gasteiger partial charge in [-0.05, 0) is 86.8 Å². The van der Waals surface area contributed by atoms with Crippen molar-refractivity contribution in [2.24, 2.45) is 0 Å². The highest BCUT2D eigenvalue weighted by molar-refractivity contribution is 6.31. The summed E-state index contributed by atoms with van der Waals surface area (Å²) in [4.78, 5) is 20.5. The van der Waals surface area contributed by atoms with E-state index in [0.717, 1.165) is 16.7 Å². The molecule has 1 unspecified atom stereocenters. The molecule has 0 aliphatic carbocycles. The van der Waals surface area contributed by atoms with Gasteiger partial charge >= 0.3 is 0 Å². The lowest BCUT2D eigenvalue weighted by molar-refractivity contribution is 0.0989. The van der Waals surface area contributed by atoms with Crippen molar-refractivity contribution in [3.63, 3.8) is 0 Å². The van der Waals surface area contributed by atoms with E-state index < -0.39 is 11.9 Å². The molecule has 0 saturated heterocycles. The van der Waals surface area contributed by atoms with Gasteiger partial charge in [0, 0.05) is 21.8 Å². The van der Waals surface area contributed by atoms with Crippen molar-refractivity contribution < 1.29 is 14.3 Å². The molecule has 5 nitrogen and oxygen atoms in total. The number of rotatable bonds is 4. The Morgan fingerprint density at radius 3 is 2.36 bits per heavy atom. The van der Waals surface area contributed by atoms with Gasteiger partial charge in [0.15, 0.2) is 5.69 Å². The predicted molar refractivity (Wildman–Crippen MR) is 141 cm³/mol. The Balaban J connectivity index is 1.84. The number of carbonyl (C=O) groups is 1. The number of hydrogen-bond acceptors (Lipinski definition) is 3. The number of aromatic hydroxyl groups is 1. The SMILES string of the molecule is Cc1cc(Cl)ccc1C1c2c(nc(-c3cc(F)ccc3O)n2C(C)C)C(=O)N1c1cc(Cl)ccc1C. The van der Waals surface area contributed by atoms with Crippen LogP contribution in [-0.2, 0) is 0 Å². The van der Waals surface area contributed by atoms with Crippen LogP contribution >= 0.6 is 23.2 Å². The van der Waals surface area contributed by atoms with Crippen molar-refractivity contribution in [2.45, 2.75) is 39.8 Å². The Labute approximate surface area is 218 Å². The van der Waals surface area contributed by atoms with Crippen LogP contribution in [0.5, 0.6) is 5.75 Å². The van der Waals surface area contributed by atoms with Crippen LogP contribution in [0.25, 0.3) is 11.4 Å². The molecular formula is C28H24Cl2FN3O2. The molecule has 4 aromatic rings. The van der Waals surface area contributed by atoms with E-state index >= 15 is 0 Å². The zero-order valence-electron chi connectivity index (χ0n) is 20.2. The second kappa shape index (κ2) is 8.95. The van der Waals surface area contributed by atoms with E-state index in [1.807, 2.05) is 50.5 Å². The van der Waals surface area contributed by atoms with Crippen LogP contribution < -0.4 is 4.90 Å². The topological polar surface area (TPSA) is 58.4 Å². The van der Waals surface area contributed by atoms with Crippen molar-refractivity contribution in [2.75, 3.05) is 4.90 Å². The third kappa shape index (κ3) is 3.85. The fraction of sp³-hybridized carbons (Fsp3) is 0.214. The lowest BCUT2D eigenvalue weighted by Gasteiger charge is -2.30. The van der Waals surface area contributed by atoms with E-state index in [4.69, 9.17) is 28.2 Å². The average Bonchev–Trinajstić information content (AvgIpc) is 3.33. The molecule has 0 bridgehead atoms. The number of hydrogen-bond donors (Lipinski definition) is 1. The van der Waals surface area contributed by atoms with Crippen molar-refractivity contribution in [3.8, 4) is 17.1 Å². The summed E-state index contributed by atoms with van der Waals surface area (Å²) in [6, 6.07) is 14.0. The summed E-state index contributed by atoms with van der Waals surface area (Å²) in [7, 11) is 0. The minimum atomic E-state index is -0.540. The number of imidazole rings is 1. The van der Waals surface area contributed by atoms with Crippen LogP contribution in [0, 0.1) is 19.7 Å². The van der Waals surface area contributed by atoms with Gasteiger partial charge in [0.1, 0.15) is 23.4 Å². The van der Waals surface area contributed by atoms with Gasteiger partial charge in [-0.15, -0.1) is 0 Å². The Bertz CT molecular complexity index is 1530. The van der Waals surface area contributed by atoms with Crippen LogP contribution in [0.3, 0.4) is 0 Å². The highest BCUT2D eigenvalue weighted by Gasteiger charge is 2.45. The highest BCUT2D eigenvalue weighted by atomic mass is 35.5. The van der Waals surface area contributed by atoms with E-state index in [-0.39, 0.29) is 29.0 Å². The number of aromatic nitrogens is 2. The largest absolute Gasteiger partial charge is 0.507 e. The van der Waals surface area contributed by atoms with Crippen LogP contribution in [0.1, 0.15) is 58.8 Å². The molecule has 1 aromatic heterocycles. The van der Waals surface area contributed by atoms with Gasteiger partial charge in [0.25, 0.3) is 5.91 Å².